The van der Waals surface area contributed by atoms with E-state index in [0.717, 1.165) is 66.5 Å². The van der Waals surface area contributed by atoms with Crippen molar-refractivity contribution in [3.8, 4) is 51.0 Å². The average Bonchev–Trinajstić information content (AvgIpc) is 3.96. The van der Waals surface area contributed by atoms with E-state index in [1.807, 2.05) is 60.7 Å². The molecule has 0 aliphatic carbocycles. The number of hydrogen-bond donors (Lipinski definition) is 0. The number of para-hydroxylation sites is 3. The van der Waals surface area contributed by atoms with Gasteiger partial charge in [0.25, 0.3) is 0 Å². The maximum Gasteiger partial charge on any atom is 0.164 e. The Kier molecular flexibility index (Phi) is 7.03. The lowest BCUT2D eigenvalue weighted by Gasteiger charge is -2.09. The van der Waals surface area contributed by atoms with E-state index in [2.05, 4.69) is 126 Å². The number of rotatable bonds is 5. The number of furan rings is 1. The van der Waals surface area contributed by atoms with E-state index in [1.165, 1.54) is 30.9 Å². The predicted molar refractivity (Wildman–Crippen MR) is 236 cm³/mol. The summed E-state index contributed by atoms with van der Waals surface area (Å²) in [5.74, 6) is 1.94. The summed E-state index contributed by atoms with van der Waals surface area (Å²) in [5, 5.41) is 7.03. The van der Waals surface area contributed by atoms with E-state index in [9.17, 15) is 0 Å². The number of hydrogen-bond acceptors (Lipinski definition) is 5. The van der Waals surface area contributed by atoms with Crippen molar-refractivity contribution in [3.63, 3.8) is 0 Å². The molecule has 5 nitrogen and oxygen atoms in total. The molecule has 12 rings (SSSR count). The first-order chi connectivity index (χ1) is 28.2. The molecule has 0 saturated heterocycles. The molecule has 4 aromatic heterocycles. The molecule has 57 heavy (non-hydrogen) atoms. The van der Waals surface area contributed by atoms with Crippen molar-refractivity contribution in [2.75, 3.05) is 0 Å². The van der Waals surface area contributed by atoms with Crippen molar-refractivity contribution < 1.29 is 4.42 Å². The van der Waals surface area contributed by atoms with E-state index in [4.69, 9.17) is 19.4 Å². The van der Waals surface area contributed by atoms with Gasteiger partial charge in [0.1, 0.15) is 5.58 Å². The molecule has 0 atom stereocenters. The van der Waals surface area contributed by atoms with Gasteiger partial charge in [-0.3, -0.25) is 0 Å². The van der Waals surface area contributed by atoms with Crippen LogP contribution in [0, 0.1) is 0 Å². The third-order valence-electron chi connectivity index (χ3n) is 11.1. The second-order valence-electron chi connectivity index (χ2n) is 14.4. The first kappa shape index (κ1) is 31.9. The monoisotopic (exact) mass is 746 g/mol. The molecule has 4 heterocycles. The Labute approximate surface area is 330 Å². The van der Waals surface area contributed by atoms with Crippen molar-refractivity contribution in [3.05, 3.63) is 182 Å². The van der Waals surface area contributed by atoms with Gasteiger partial charge in [-0.1, -0.05) is 127 Å². The highest BCUT2D eigenvalue weighted by Gasteiger charge is 2.20. The van der Waals surface area contributed by atoms with Gasteiger partial charge in [0.2, 0.25) is 0 Å². The van der Waals surface area contributed by atoms with Gasteiger partial charge in [-0.15, -0.1) is 11.3 Å². The van der Waals surface area contributed by atoms with E-state index in [-0.39, 0.29) is 0 Å². The van der Waals surface area contributed by atoms with Crippen molar-refractivity contribution in [1.29, 1.82) is 0 Å². The minimum absolute atomic E-state index is 0.643. The zero-order chi connectivity index (χ0) is 37.5. The Bertz CT molecular complexity index is 3420. The van der Waals surface area contributed by atoms with Crippen LogP contribution in [0.2, 0.25) is 0 Å². The molecule has 8 aromatic carbocycles. The molecule has 6 heteroatoms. The lowest BCUT2D eigenvalue weighted by atomic mass is 9.97. The van der Waals surface area contributed by atoms with Crippen LogP contribution in [-0.4, -0.2) is 19.5 Å². The fourth-order valence-electron chi connectivity index (χ4n) is 8.45. The van der Waals surface area contributed by atoms with Crippen LogP contribution in [0.3, 0.4) is 0 Å². The minimum Gasteiger partial charge on any atom is -0.454 e. The summed E-state index contributed by atoms with van der Waals surface area (Å²) >= 11 is 1.80. The smallest absolute Gasteiger partial charge is 0.164 e. The second-order valence-corrected chi connectivity index (χ2v) is 15.5. The SMILES string of the molecule is c1ccc(-c2nc(-c3ccccc3)nc(-c3ccc4sc5cccc(-c6ccc7c(c6)oc6c(-n8c9ccccc9c9ccccc98)cccc67)c5c4c3)n2)cc1. The molecule has 0 radical (unpaired) electrons. The molecule has 0 aliphatic heterocycles. The molecule has 0 N–H and O–H groups in total. The summed E-state index contributed by atoms with van der Waals surface area (Å²) in [4.78, 5) is 15.0. The third kappa shape index (κ3) is 5.04. The molecular formula is C51H30N4OS. The van der Waals surface area contributed by atoms with E-state index < -0.39 is 0 Å². The summed E-state index contributed by atoms with van der Waals surface area (Å²) in [6, 6.07) is 63.7. The van der Waals surface area contributed by atoms with Crippen molar-refractivity contribution >= 4 is 75.3 Å². The van der Waals surface area contributed by atoms with Crippen LogP contribution in [0.1, 0.15) is 0 Å². The average molecular weight is 747 g/mol. The Morgan fingerprint density at radius 2 is 1.00 bits per heavy atom. The lowest BCUT2D eigenvalue weighted by molar-refractivity contribution is 0.666. The van der Waals surface area contributed by atoms with Gasteiger partial charge in [0, 0.05) is 58.4 Å². The Morgan fingerprint density at radius 1 is 0.404 bits per heavy atom. The van der Waals surface area contributed by atoms with Crippen LogP contribution < -0.4 is 0 Å². The molecule has 266 valence electrons. The lowest BCUT2D eigenvalue weighted by Crippen LogP contribution is -2.00. The summed E-state index contributed by atoms with van der Waals surface area (Å²) in [6.07, 6.45) is 0. The second kappa shape index (κ2) is 12.6. The quantitative estimate of drug-likeness (QED) is 0.176. The van der Waals surface area contributed by atoms with Crippen LogP contribution in [0.5, 0.6) is 0 Å². The molecule has 0 saturated carbocycles. The molecule has 0 unspecified atom stereocenters. The van der Waals surface area contributed by atoms with E-state index >= 15 is 0 Å². The molecule has 0 spiro atoms. The molecule has 12 aromatic rings. The van der Waals surface area contributed by atoms with Gasteiger partial charge in [-0.2, -0.15) is 0 Å². The molecule has 0 fully saturated rings. The van der Waals surface area contributed by atoms with Gasteiger partial charge in [0.05, 0.1) is 16.7 Å². The van der Waals surface area contributed by atoms with Crippen LogP contribution in [0.4, 0.5) is 0 Å². The van der Waals surface area contributed by atoms with Gasteiger partial charge in [-0.25, -0.2) is 15.0 Å². The maximum absolute atomic E-state index is 6.88. The number of benzene rings is 8. The van der Waals surface area contributed by atoms with Crippen molar-refractivity contribution in [2.24, 2.45) is 0 Å². The highest BCUT2D eigenvalue weighted by molar-refractivity contribution is 7.26. The van der Waals surface area contributed by atoms with Gasteiger partial charge in [0.15, 0.2) is 23.1 Å². The highest BCUT2D eigenvalue weighted by atomic mass is 32.1. The van der Waals surface area contributed by atoms with Crippen LogP contribution in [-0.2, 0) is 0 Å². The summed E-state index contributed by atoms with van der Waals surface area (Å²) < 4.78 is 11.7. The fourth-order valence-corrected chi connectivity index (χ4v) is 9.57. The number of nitrogens with zero attached hydrogens (tertiary/aromatic N) is 4. The van der Waals surface area contributed by atoms with Gasteiger partial charge < -0.3 is 8.98 Å². The van der Waals surface area contributed by atoms with Crippen LogP contribution >= 0.6 is 11.3 Å². The minimum atomic E-state index is 0.643. The van der Waals surface area contributed by atoms with Gasteiger partial charge in [-0.05, 0) is 65.7 Å². The molecule has 0 aliphatic rings. The Hall–Kier alpha value is -7.41. The summed E-state index contributed by atoms with van der Waals surface area (Å²) in [6.45, 7) is 0. The highest BCUT2D eigenvalue weighted by Crippen LogP contribution is 2.44. The summed E-state index contributed by atoms with van der Waals surface area (Å²) in [7, 11) is 0. The predicted octanol–water partition coefficient (Wildman–Crippen LogP) is 13.9. The first-order valence-electron chi connectivity index (χ1n) is 19.0. The Morgan fingerprint density at radius 3 is 1.70 bits per heavy atom. The zero-order valence-electron chi connectivity index (χ0n) is 30.4. The van der Waals surface area contributed by atoms with Gasteiger partial charge >= 0.3 is 0 Å². The number of fused-ring (bicyclic) bond motifs is 9. The largest absolute Gasteiger partial charge is 0.454 e. The molecular weight excluding hydrogens is 717 g/mol. The number of thiophene rings is 1. The van der Waals surface area contributed by atoms with Crippen LogP contribution in [0.25, 0.3) is 115 Å². The van der Waals surface area contributed by atoms with E-state index in [1.54, 1.807) is 11.3 Å². The Balaban J connectivity index is 1.02. The van der Waals surface area contributed by atoms with Crippen LogP contribution in [0.15, 0.2) is 186 Å². The van der Waals surface area contributed by atoms with E-state index in [0.29, 0.717) is 17.5 Å². The van der Waals surface area contributed by atoms with Crippen molar-refractivity contribution in [2.45, 2.75) is 0 Å². The first-order valence-corrected chi connectivity index (χ1v) is 19.8. The third-order valence-corrected chi connectivity index (χ3v) is 12.2. The zero-order valence-corrected chi connectivity index (χ0v) is 31.2. The molecule has 0 amide bonds. The fraction of sp³-hybridized carbons (Fsp3) is 0. The topological polar surface area (TPSA) is 56.7 Å². The van der Waals surface area contributed by atoms with Crippen molar-refractivity contribution in [1.82, 2.24) is 19.5 Å². The maximum atomic E-state index is 6.88. The normalized spacial score (nSPS) is 11.9. The standard InChI is InChI=1S/C51H30N4OS/c1-3-13-31(14-4-1)49-52-50(32-15-5-2-6-16-32)54-51(53-49)34-26-28-45-40(29-34)47-35(19-12-24-46(47)57-45)33-25-27-38-39-20-11-23-43(48(39)56-44(38)30-33)55-41-21-9-7-17-36(41)37-18-8-10-22-42(37)55/h1-30H. The number of aromatic nitrogens is 4. The summed E-state index contributed by atoms with van der Waals surface area (Å²) in [5.41, 5.74) is 10.2. The molecule has 0 bridgehead atoms.